The van der Waals surface area contributed by atoms with Crippen LogP contribution in [0, 0.1) is 34.5 Å². The zero-order valence-corrected chi connectivity index (χ0v) is 17.4. The molecule has 3 aliphatic rings. The van der Waals surface area contributed by atoms with Crippen LogP contribution in [0.1, 0.15) is 69.9 Å². The molecule has 0 aliphatic heterocycles. The number of nitrogens with zero attached hydrogens (tertiary/aromatic N) is 1. The number of carbonyl (C=O) groups excluding carboxylic acids is 2. The Kier molecular flexibility index (Phi) is 5.14. The monoisotopic (exact) mass is 395 g/mol. The van der Waals surface area contributed by atoms with E-state index in [-0.39, 0.29) is 29.4 Å². The third kappa shape index (κ3) is 3.43. The molecule has 5 nitrogen and oxygen atoms in total. The predicted molar refractivity (Wildman–Crippen MR) is 107 cm³/mol. The fourth-order valence-corrected chi connectivity index (χ4v) is 6.65. The minimum Gasteiger partial charge on any atom is -0.462 e. The van der Waals surface area contributed by atoms with Crippen molar-refractivity contribution in [2.75, 3.05) is 0 Å². The van der Waals surface area contributed by atoms with Crippen molar-refractivity contribution >= 4 is 11.9 Å². The van der Waals surface area contributed by atoms with Crippen molar-refractivity contribution in [2.24, 2.45) is 23.2 Å². The number of ether oxygens (including phenoxy) is 2. The molecule has 5 heteroatoms. The molecule has 0 unspecified atom stereocenters. The Bertz CT molecular complexity index is 872. The summed E-state index contributed by atoms with van der Waals surface area (Å²) in [4.78, 5) is 23.0. The molecule has 6 atom stereocenters. The van der Waals surface area contributed by atoms with Crippen LogP contribution in [0.25, 0.3) is 0 Å². The average molecular weight is 395 g/mol. The molecule has 0 radical (unpaired) electrons. The van der Waals surface area contributed by atoms with Gasteiger partial charge in [0.2, 0.25) is 0 Å². The first-order valence-corrected chi connectivity index (χ1v) is 10.7. The minimum atomic E-state index is -0.317. The van der Waals surface area contributed by atoms with E-state index >= 15 is 0 Å². The van der Waals surface area contributed by atoms with Gasteiger partial charge in [-0.05, 0) is 79.0 Å². The van der Waals surface area contributed by atoms with E-state index in [4.69, 9.17) is 9.47 Å². The summed E-state index contributed by atoms with van der Waals surface area (Å²) in [5, 5.41) is 9.52. The van der Waals surface area contributed by atoms with Gasteiger partial charge < -0.3 is 9.47 Å². The maximum atomic E-state index is 11.6. The van der Waals surface area contributed by atoms with Crippen molar-refractivity contribution in [3.05, 3.63) is 29.3 Å². The van der Waals surface area contributed by atoms with Gasteiger partial charge in [0.1, 0.15) is 11.9 Å². The molecule has 0 bridgehead atoms. The van der Waals surface area contributed by atoms with E-state index in [9.17, 15) is 14.9 Å². The van der Waals surface area contributed by atoms with Gasteiger partial charge in [-0.15, -0.1) is 0 Å². The highest BCUT2D eigenvalue weighted by Gasteiger charge is 2.58. The quantitative estimate of drug-likeness (QED) is 0.555. The average Bonchev–Trinajstić information content (AvgIpc) is 2.97. The highest BCUT2D eigenvalue weighted by Crippen LogP contribution is 2.63. The minimum absolute atomic E-state index is 0.00424. The molecule has 0 saturated heterocycles. The van der Waals surface area contributed by atoms with Crippen molar-refractivity contribution in [3.8, 4) is 11.8 Å². The first-order valence-electron chi connectivity index (χ1n) is 10.7. The van der Waals surface area contributed by atoms with Crippen LogP contribution in [0.2, 0.25) is 0 Å². The predicted octanol–water partition coefficient (Wildman–Crippen LogP) is 4.54. The molecule has 2 saturated carbocycles. The van der Waals surface area contributed by atoms with Crippen molar-refractivity contribution in [3.63, 3.8) is 0 Å². The number of rotatable bonds is 3. The second-order valence-electron chi connectivity index (χ2n) is 9.29. The first-order chi connectivity index (χ1) is 13.8. The number of fused-ring (bicyclic) bond motifs is 5. The Morgan fingerprint density at radius 2 is 2.00 bits per heavy atom. The van der Waals surface area contributed by atoms with E-state index in [0.717, 1.165) is 32.1 Å². The van der Waals surface area contributed by atoms with Crippen molar-refractivity contribution in [2.45, 2.75) is 71.3 Å². The zero-order valence-electron chi connectivity index (χ0n) is 17.4. The van der Waals surface area contributed by atoms with Gasteiger partial charge in [-0.2, -0.15) is 5.26 Å². The number of nitriles is 1. The van der Waals surface area contributed by atoms with Crippen LogP contribution < -0.4 is 4.74 Å². The molecule has 4 rings (SSSR count). The Labute approximate surface area is 172 Å². The molecule has 1 aromatic carbocycles. The van der Waals surface area contributed by atoms with Gasteiger partial charge in [-0.1, -0.05) is 13.0 Å². The lowest BCUT2D eigenvalue weighted by Gasteiger charge is -2.53. The Hall–Kier alpha value is -2.35. The molecular weight excluding hydrogens is 366 g/mol. The van der Waals surface area contributed by atoms with Gasteiger partial charge in [-0.3, -0.25) is 9.59 Å². The summed E-state index contributed by atoms with van der Waals surface area (Å²) in [6, 6.07) is 8.42. The van der Waals surface area contributed by atoms with E-state index in [2.05, 4.69) is 19.1 Å². The van der Waals surface area contributed by atoms with Crippen LogP contribution in [-0.2, 0) is 20.7 Å². The van der Waals surface area contributed by atoms with Crippen LogP contribution >= 0.6 is 0 Å². The fraction of sp³-hybridized carbons (Fsp3) is 0.625. The molecule has 0 heterocycles. The number of hydrogen-bond acceptors (Lipinski definition) is 5. The lowest BCUT2D eigenvalue weighted by atomic mass is 9.52. The summed E-state index contributed by atoms with van der Waals surface area (Å²) >= 11 is 0. The molecule has 29 heavy (non-hydrogen) atoms. The smallest absolute Gasteiger partial charge is 0.308 e. The number of hydrogen-bond donors (Lipinski definition) is 0. The normalized spacial score (nSPS) is 34.9. The summed E-state index contributed by atoms with van der Waals surface area (Å²) in [7, 11) is 0. The summed E-state index contributed by atoms with van der Waals surface area (Å²) in [5.41, 5.74) is 2.55. The lowest BCUT2D eigenvalue weighted by molar-refractivity contribution is -0.155. The zero-order chi connectivity index (χ0) is 20.8. The largest absolute Gasteiger partial charge is 0.462 e. The SMILES string of the molecule is CC(=O)Oc1ccc2c(c1)C[C@@H](CC#N)[C@@H]1[C@@H]2CC[C@]2(C)[C@@H](OC(C)=O)CC[C@@H]12. The van der Waals surface area contributed by atoms with Crippen molar-refractivity contribution in [1.82, 2.24) is 0 Å². The van der Waals surface area contributed by atoms with Crippen molar-refractivity contribution in [1.29, 1.82) is 5.26 Å². The van der Waals surface area contributed by atoms with Gasteiger partial charge in [0.25, 0.3) is 0 Å². The first kappa shape index (κ1) is 19.9. The van der Waals surface area contributed by atoms with Gasteiger partial charge in [-0.25, -0.2) is 0 Å². The third-order valence-corrected chi connectivity index (χ3v) is 7.71. The lowest BCUT2D eigenvalue weighted by Crippen LogP contribution is -2.48. The molecule has 3 aliphatic carbocycles. The Morgan fingerprint density at radius 1 is 1.21 bits per heavy atom. The van der Waals surface area contributed by atoms with Gasteiger partial charge in [0.15, 0.2) is 0 Å². The highest BCUT2D eigenvalue weighted by atomic mass is 16.5. The standard InChI is InChI=1S/C24H29NO4/c1-14(26)28-18-4-5-19-17(13-18)12-16(9-11-25)23-20(19)8-10-24(3)21(23)6-7-22(24)29-15(2)27/h4-5,13,16,20-23H,6-10,12H2,1-3H3/t16-,20-,21+,22+,23-,24+/m1/s1. The summed E-state index contributed by atoms with van der Waals surface area (Å²) in [5.74, 6) is 1.67. The molecule has 2 fully saturated rings. The molecule has 1 aromatic rings. The topological polar surface area (TPSA) is 76.4 Å². The van der Waals surface area contributed by atoms with E-state index in [1.165, 1.54) is 25.0 Å². The molecule has 0 N–H and O–H groups in total. The van der Waals surface area contributed by atoms with E-state index < -0.39 is 0 Å². The fourth-order valence-electron chi connectivity index (χ4n) is 6.65. The maximum absolute atomic E-state index is 11.6. The van der Waals surface area contributed by atoms with E-state index in [1.807, 2.05) is 12.1 Å². The van der Waals surface area contributed by atoms with Crippen LogP contribution in [-0.4, -0.2) is 18.0 Å². The third-order valence-electron chi connectivity index (χ3n) is 7.71. The number of carbonyl (C=O) groups is 2. The number of esters is 2. The van der Waals surface area contributed by atoms with Gasteiger partial charge in [0, 0.05) is 25.7 Å². The van der Waals surface area contributed by atoms with E-state index in [0.29, 0.717) is 29.9 Å². The highest BCUT2D eigenvalue weighted by molar-refractivity contribution is 5.69. The van der Waals surface area contributed by atoms with Crippen molar-refractivity contribution < 1.29 is 19.1 Å². The second-order valence-corrected chi connectivity index (χ2v) is 9.29. The molecule has 0 aromatic heterocycles. The van der Waals surface area contributed by atoms with Gasteiger partial charge >= 0.3 is 11.9 Å². The Balaban J connectivity index is 1.68. The van der Waals surface area contributed by atoms with E-state index in [1.54, 1.807) is 0 Å². The summed E-state index contributed by atoms with van der Waals surface area (Å²) in [6.07, 6.45) is 5.40. The summed E-state index contributed by atoms with van der Waals surface area (Å²) in [6.45, 7) is 5.20. The Morgan fingerprint density at radius 3 is 2.69 bits per heavy atom. The molecule has 0 spiro atoms. The number of benzene rings is 1. The van der Waals surface area contributed by atoms with Crippen LogP contribution in [0.3, 0.4) is 0 Å². The molecular formula is C24H29NO4. The molecule has 154 valence electrons. The van der Waals surface area contributed by atoms with Crippen LogP contribution in [0.4, 0.5) is 0 Å². The van der Waals surface area contributed by atoms with Crippen LogP contribution in [0.15, 0.2) is 18.2 Å². The summed E-state index contributed by atoms with van der Waals surface area (Å²) < 4.78 is 11.0. The van der Waals surface area contributed by atoms with Gasteiger partial charge in [0.05, 0.1) is 6.07 Å². The van der Waals surface area contributed by atoms with Crippen LogP contribution in [0.5, 0.6) is 5.75 Å². The second kappa shape index (κ2) is 7.48. The molecule has 0 amide bonds. The maximum Gasteiger partial charge on any atom is 0.308 e.